The lowest BCUT2D eigenvalue weighted by Gasteiger charge is -1.98. The van der Waals surface area contributed by atoms with Crippen LogP contribution in [-0.2, 0) is 0 Å². The van der Waals surface area contributed by atoms with Crippen molar-refractivity contribution < 1.29 is 9.72 Å². The number of hydrogen-bond donors (Lipinski definition) is 0. The number of nitro groups is 1. The highest BCUT2D eigenvalue weighted by atomic mass is 32.1. The zero-order chi connectivity index (χ0) is 11.9. The van der Waals surface area contributed by atoms with Crippen LogP contribution in [0, 0.1) is 17.0 Å². The van der Waals surface area contributed by atoms with Crippen LogP contribution in [0.3, 0.4) is 0 Å². The van der Waals surface area contributed by atoms with Crippen molar-refractivity contribution in [2.45, 2.75) is 13.8 Å². The lowest BCUT2D eigenvalue weighted by molar-refractivity contribution is -0.385. The minimum absolute atomic E-state index is 0.0411. The van der Waals surface area contributed by atoms with E-state index in [9.17, 15) is 14.9 Å². The van der Waals surface area contributed by atoms with Gasteiger partial charge in [-0.25, -0.2) is 9.97 Å². The maximum atomic E-state index is 11.4. The number of nitrogens with zero attached hydrogens (tertiary/aromatic N) is 3. The molecule has 2 heterocycles. The third-order valence-corrected chi connectivity index (χ3v) is 2.94. The molecule has 0 aliphatic carbocycles. The molecular formula is C9H7N3O3S. The fourth-order valence-corrected chi connectivity index (χ4v) is 2.22. The highest BCUT2D eigenvalue weighted by Crippen LogP contribution is 2.29. The van der Waals surface area contributed by atoms with Gasteiger partial charge in [-0.3, -0.25) is 14.9 Å². The minimum Gasteiger partial charge on any atom is -0.294 e. The number of aromatic nitrogens is 2. The molecule has 0 spiro atoms. The third-order valence-electron chi connectivity index (χ3n) is 2.06. The predicted molar refractivity (Wildman–Crippen MR) is 58.8 cm³/mol. The first-order valence-corrected chi connectivity index (χ1v) is 5.24. The molecule has 7 heteroatoms. The van der Waals surface area contributed by atoms with E-state index in [1.807, 2.05) is 0 Å². The van der Waals surface area contributed by atoms with E-state index in [0.29, 0.717) is 10.3 Å². The van der Waals surface area contributed by atoms with Gasteiger partial charge < -0.3 is 0 Å². The smallest absolute Gasteiger partial charge is 0.294 e. The summed E-state index contributed by atoms with van der Waals surface area (Å²) in [6, 6.07) is 0. The van der Waals surface area contributed by atoms with Crippen LogP contribution in [0.4, 0.5) is 5.69 Å². The van der Waals surface area contributed by atoms with Gasteiger partial charge in [0, 0.05) is 0 Å². The summed E-state index contributed by atoms with van der Waals surface area (Å²) in [6.07, 6.45) is 1.11. The van der Waals surface area contributed by atoms with E-state index in [2.05, 4.69) is 9.97 Å². The quantitative estimate of drug-likeness (QED) is 0.453. The van der Waals surface area contributed by atoms with Crippen LogP contribution in [0.2, 0.25) is 0 Å². The summed E-state index contributed by atoms with van der Waals surface area (Å²) in [5.41, 5.74) is 0.0776. The molecule has 16 heavy (non-hydrogen) atoms. The Hall–Kier alpha value is -1.89. The molecule has 0 unspecified atom stereocenters. The molecule has 0 N–H and O–H groups in total. The molecule has 82 valence electrons. The van der Waals surface area contributed by atoms with Crippen LogP contribution in [0.25, 0.3) is 10.3 Å². The normalized spacial score (nSPS) is 10.6. The van der Waals surface area contributed by atoms with Gasteiger partial charge in [0.25, 0.3) is 0 Å². The molecule has 2 aromatic heterocycles. The number of carbonyl (C=O) groups is 1. The summed E-state index contributed by atoms with van der Waals surface area (Å²) < 4.78 is 0. The van der Waals surface area contributed by atoms with Crippen LogP contribution < -0.4 is 0 Å². The summed E-state index contributed by atoms with van der Waals surface area (Å²) in [4.78, 5) is 30.2. The van der Waals surface area contributed by atoms with Gasteiger partial charge in [-0.2, -0.15) is 0 Å². The van der Waals surface area contributed by atoms with Gasteiger partial charge >= 0.3 is 5.69 Å². The van der Waals surface area contributed by atoms with Gasteiger partial charge in [0.15, 0.2) is 5.78 Å². The number of aryl methyl sites for hydroxylation is 1. The number of Topliss-reactive ketones (excluding diaryl/α,β-unsaturated/α-hetero) is 1. The second-order valence-corrected chi connectivity index (χ2v) is 4.40. The first kappa shape index (κ1) is 10.6. The van der Waals surface area contributed by atoms with Gasteiger partial charge in [0.05, 0.1) is 9.93 Å². The molecule has 0 bridgehead atoms. The topological polar surface area (TPSA) is 86.0 Å². The Kier molecular flexibility index (Phi) is 2.39. The van der Waals surface area contributed by atoms with E-state index < -0.39 is 4.92 Å². The van der Waals surface area contributed by atoms with Gasteiger partial charge in [-0.05, 0) is 13.8 Å². The van der Waals surface area contributed by atoms with Crippen molar-refractivity contribution in [3.63, 3.8) is 0 Å². The summed E-state index contributed by atoms with van der Waals surface area (Å²) >= 11 is 1.31. The number of hydrogen-bond acceptors (Lipinski definition) is 6. The summed E-state index contributed by atoms with van der Waals surface area (Å²) in [6.45, 7) is 3.05. The van der Waals surface area contributed by atoms with Crippen LogP contribution in [0.15, 0.2) is 6.20 Å². The molecule has 0 aliphatic heterocycles. The summed E-state index contributed by atoms with van der Waals surface area (Å²) in [7, 11) is 0. The molecule has 2 rings (SSSR count). The van der Waals surface area contributed by atoms with Crippen molar-refractivity contribution in [2.24, 2.45) is 0 Å². The summed E-state index contributed by atoms with van der Waals surface area (Å²) in [5, 5.41) is 11.5. The SMILES string of the molecule is CC(=O)c1c([N+](=O)[O-])cnc2sc(C)nc12. The maximum Gasteiger partial charge on any atom is 0.300 e. The second-order valence-electron chi connectivity index (χ2n) is 3.22. The number of fused-ring (bicyclic) bond motifs is 1. The predicted octanol–water partition coefficient (Wildman–Crippen LogP) is 2.11. The van der Waals surface area contributed by atoms with E-state index in [4.69, 9.17) is 0 Å². The first-order chi connectivity index (χ1) is 7.50. The largest absolute Gasteiger partial charge is 0.300 e. The van der Waals surface area contributed by atoms with Gasteiger partial charge in [-0.1, -0.05) is 11.3 Å². The number of rotatable bonds is 2. The van der Waals surface area contributed by atoms with Crippen molar-refractivity contribution in [2.75, 3.05) is 0 Å². The number of thiazole rings is 1. The van der Waals surface area contributed by atoms with E-state index in [1.165, 1.54) is 18.3 Å². The molecule has 0 saturated carbocycles. The zero-order valence-corrected chi connectivity index (χ0v) is 9.37. The van der Waals surface area contributed by atoms with Gasteiger partial charge in [-0.15, -0.1) is 0 Å². The number of pyridine rings is 1. The molecule has 0 aromatic carbocycles. The molecule has 2 aromatic rings. The van der Waals surface area contributed by atoms with Gasteiger partial charge in [0.2, 0.25) is 0 Å². The van der Waals surface area contributed by atoms with Crippen molar-refractivity contribution >= 4 is 33.2 Å². The van der Waals surface area contributed by atoms with Crippen molar-refractivity contribution in [1.82, 2.24) is 9.97 Å². The zero-order valence-electron chi connectivity index (χ0n) is 8.55. The van der Waals surface area contributed by atoms with Crippen LogP contribution in [-0.4, -0.2) is 20.7 Å². The second kappa shape index (κ2) is 3.60. The molecule has 0 atom stereocenters. The Balaban J connectivity index is 2.88. The maximum absolute atomic E-state index is 11.4. The standard InChI is InChI=1S/C9H7N3O3S/c1-4(13)7-6(12(14)15)3-10-9-8(7)11-5(2)16-9/h3H,1-2H3. The Morgan fingerprint density at radius 2 is 2.25 bits per heavy atom. The van der Waals surface area contributed by atoms with Crippen molar-refractivity contribution in [3.05, 3.63) is 26.9 Å². The van der Waals surface area contributed by atoms with E-state index in [1.54, 1.807) is 6.92 Å². The third kappa shape index (κ3) is 1.54. The van der Waals surface area contributed by atoms with Crippen molar-refractivity contribution in [1.29, 1.82) is 0 Å². The van der Waals surface area contributed by atoms with E-state index >= 15 is 0 Å². The lowest BCUT2D eigenvalue weighted by atomic mass is 10.1. The number of ketones is 1. The summed E-state index contributed by atoms with van der Waals surface area (Å²) in [5.74, 6) is -0.371. The average molecular weight is 237 g/mol. The van der Waals surface area contributed by atoms with Crippen LogP contribution >= 0.6 is 11.3 Å². The molecule has 0 aliphatic rings. The molecule has 0 saturated heterocycles. The Morgan fingerprint density at radius 1 is 1.56 bits per heavy atom. The van der Waals surface area contributed by atoms with Crippen molar-refractivity contribution in [3.8, 4) is 0 Å². The Labute approximate surface area is 94.1 Å². The molecule has 0 fully saturated rings. The average Bonchev–Trinajstić information content (AvgIpc) is 2.55. The first-order valence-electron chi connectivity index (χ1n) is 4.42. The van der Waals surface area contributed by atoms with E-state index in [0.717, 1.165) is 11.2 Å². The monoisotopic (exact) mass is 237 g/mol. The molecule has 0 radical (unpaired) electrons. The Morgan fingerprint density at radius 3 is 2.81 bits per heavy atom. The van der Waals surface area contributed by atoms with Crippen LogP contribution in [0.5, 0.6) is 0 Å². The highest BCUT2D eigenvalue weighted by Gasteiger charge is 2.23. The molecule has 0 amide bonds. The Bertz CT molecular complexity index is 605. The minimum atomic E-state index is -0.613. The van der Waals surface area contributed by atoms with Crippen LogP contribution in [0.1, 0.15) is 22.3 Å². The van der Waals surface area contributed by atoms with Gasteiger partial charge in [0.1, 0.15) is 22.1 Å². The molecular weight excluding hydrogens is 230 g/mol. The highest BCUT2D eigenvalue weighted by molar-refractivity contribution is 7.18. The fraction of sp³-hybridized carbons (Fsp3) is 0.222. The van der Waals surface area contributed by atoms with E-state index in [-0.39, 0.29) is 17.0 Å². The number of carbonyl (C=O) groups excluding carboxylic acids is 1. The fourth-order valence-electron chi connectivity index (χ4n) is 1.46. The molecule has 6 nitrogen and oxygen atoms in total. The lowest BCUT2D eigenvalue weighted by Crippen LogP contribution is -2.02.